The van der Waals surface area contributed by atoms with Crippen molar-refractivity contribution < 1.29 is 27.8 Å². The van der Waals surface area contributed by atoms with Crippen LogP contribution in [0.5, 0.6) is 0 Å². The normalized spacial score (nSPS) is 19.0. The van der Waals surface area contributed by atoms with E-state index in [1.165, 1.54) is 24.3 Å². The molecule has 8 heteroatoms. The number of carbonyl (C=O) groups excluding carboxylic acids is 1. The number of alkyl halides is 3. The second-order valence-electron chi connectivity index (χ2n) is 5.44. The fourth-order valence-electron chi connectivity index (χ4n) is 2.37. The number of benzene rings is 1. The summed E-state index contributed by atoms with van der Waals surface area (Å²) in [5.74, 6) is 0. The molecular formula is C15H19F3N2O3. The van der Waals surface area contributed by atoms with Gasteiger partial charge in [-0.1, -0.05) is 30.3 Å². The molecule has 1 aliphatic rings. The average molecular weight is 332 g/mol. The summed E-state index contributed by atoms with van der Waals surface area (Å²) in [6.45, 7) is 0.0401. The molecule has 3 N–H and O–H groups in total. The quantitative estimate of drug-likeness (QED) is 0.789. The average Bonchev–Trinajstić information content (AvgIpc) is 2.53. The van der Waals surface area contributed by atoms with E-state index in [9.17, 15) is 23.1 Å². The minimum absolute atomic E-state index is 0.139. The Balaban J connectivity index is 2.00. The standard InChI is InChI=1S/C15H19F3N2O3/c16-15(17,18)14(22,11-4-2-1-3-5-11)10-19-13(21)20-12-6-8-23-9-7-12/h1-5,12,22H,6-10H2,(H2,19,20,21)/t14-/m0/s1. The summed E-state index contributed by atoms with van der Waals surface area (Å²) in [6.07, 6.45) is -3.70. The highest BCUT2D eigenvalue weighted by molar-refractivity contribution is 5.74. The van der Waals surface area contributed by atoms with E-state index in [-0.39, 0.29) is 11.6 Å². The summed E-state index contributed by atoms with van der Waals surface area (Å²) in [4.78, 5) is 11.8. The van der Waals surface area contributed by atoms with E-state index in [0.717, 1.165) is 0 Å². The lowest BCUT2D eigenvalue weighted by Gasteiger charge is -2.31. The number of carbonyl (C=O) groups is 1. The number of nitrogens with one attached hydrogen (secondary N) is 2. The zero-order chi connectivity index (χ0) is 16.9. The molecule has 1 atom stereocenters. The highest BCUT2D eigenvalue weighted by Crippen LogP contribution is 2.38. The lowest BCUT2D eigenvalue weighted by molar-refractivity contribution is -0.263. The SMILES string of the molecule is O=C(NC[C@](O)(c1ccccc1)C(F)(F)F)NC1CCOCC1. The highest BCUT2D eigenvalue weighted by Gasteiger charge is 2.55. The molecule has 0 unspecified atom stereocenters. The minimum atomic E-state index is -4.92. The van der Waals surface area contributed by atoms with E-state index in [1.54, 1.807) is 6.07 Å². The summed E-state index contributed by atoms with van der Waals surface area (Å²) in [5, 5.41) is 14.8. The molecule has 1 heterocycles. The molecule has 0 radical (unpaired) electrons. The van der Waals surface area contributed by atoms with E-state index in [1.807, 2.05) is 0 Å². The maximum atomic E-state index is 13.3. The molecule has 128 valence electrons. The zero-order valence-corrected chi connectivity index (χ0v) is 12.4. The Bertz CT molecular complexity index is 518. The molecule has 1 aromatic carbocycles. The van der Waals surface area contributed by atoms with E-state index in [2.05, 4.69) is 10.6 Å². The number of halogens is 3. The van der Waals surface area contributed by atoms with Crippen molar-refractivity contribution in [2.24, 2.45) is 0 Å². The topological polar surface area (TPSA) is 70.6 Å². The van der Waals surface area contributed by atoms with Gasteiger partial charge in [-0.05, 0) is 18.4 Å². The van der Waals surface area contributed by atoms with Gasteiger partial charge in [0.1, 0.15) is 0 Å². The van der Waals surface area contributed by atoms with Crippen LogP contribution in [0.15, 0.2) is 30.3 Å². The number of urea groups is 1. The van der Waals surface area contributed by atoms with E-state index in [0.29, 0.717) is 26.1 Å². The Morgan fingerprint density at radius 2 is 1.83 bits per heavy atom. The van der Waals surface area contributed by atoms with Crippen LogP contribution in [0.4, 0.5) is 18.0 Å². The number of aliphatic hydroxyl groups is 1. The van der Waals surface area contributed by atoms with E-state index < -0.39 is 24.4 Å². The third kappa shape index (κ3) is 4.35. The second kappa shape index (κ2) is 7.18. The molecular weight excluding hydrogens is 313 g/mol. The van der Waals surface area contributed by atoms with Gasteiger partial charge in [0, 0.05) is 19.3 Å². The maximum absolute atomic E-state index is 13.3. The molecule has 1 aromatic rings. The Morgan fingerprint density at radius 1 is 1.22 bits per heavy atom. The van der Waals surface area contributed by atoms with Gasteiger partial charge in [0.25, 0.3) is 0 Å². The number of amides is 2. The van der Waals surface area contributed by atoms with Crippen molar-refractivity contribution in [3.63, 3.8) is 0 Å². The molecule has 0 aliphatic carbocycles. The van der Waals surface area contributed by atoms with Gasteiger partial charge in [0.15, 0.2) is 0 Å². The van der Waals surface area contributed by atoms with Crippen LogP contribution in [0.25, 0.3) is 0 Å². The lowest BCUT2D eigenvalue weighted by atomic mass is 9.93. The first-order chi connectivity index (χ1) is 10.8. The van der Waals surface area contributed by atoms with Gasteiger partial charge in [0.05, 0.1) is 6.54 Å². The van der Waals surface area contributed by atoms with E-state index >= 15 is 0 Å². The Hall–Kier alpha value is -1.80. The van der Waals surface area contributed by atoms with Gasteiger partial charge in [-0.15, -0.1) is 0 Å². The van der Waals surface area contributed by atoms with Crippen molar-refractivity contribution in [1.29, 1.82) is 0 Å². The Morgan fingerprint density at radius 3 is 2.39 bits per heavy atom. The molecule has 1 saturated heterocycles. The van der Waals surface area contributed by atoms with Crippen LogP contribution in [-0.2, 0) is 10.3 Å². The summed E-state index contributed by atoms with van der Waals surface area (Å²) < 4.78 is 44.9. The van der Waals surface area contributed by atoms with E-state index in [4.69, 9.17) is 4.74 Å². The molecule has 1 aliphatic heterocycles. The third-order valence-electron chi connectivity index (χ3n) is 3.78. The molecule has 2 rings (SSSR count). The Labute approximate surface area is 131 Å². The van der Waals surface area contributed by atoms with Crippen LogP contribution in [0.3, 0.4) is 0 Å². The number of ether oxygens (including phenoxy) is 1. The zero-order valence-electron chi connectivity index (χ0n) is 12.4. The lowest BCUT2D eigenvalue weighted by Crippen LogP contribution is -2.54. The summed E-state index contributed by atoms with van der Waals surface area (Å²) in [5.41, 5.74) is -3.46. The number of rotatable bonds is 4. The molecule has 0 bridgehead atoms. The predicted molar refractivity (Wildman–Crippen MR) is 76.8 cm³/mol. The molecule has 5 nitrogen and oxygen atoms in total. The first-order valence-electron chi connectivity index (χ1n) is 7.29. The molecule has 2 amide bonds. The first-order valence-corrected chi connectivity index (χ1v) is 7.29. The van der Waals surface area contributed by atoms with Gasteiger partial charge in [-0.2, -0.15) is 13.2 Å². The van der Waals surface area contributed by atoms with Crippen molar-refractivity contribution >= 4 is 6.03 Å². The van der Waals surface area contributed by atoms with Crippen LogP contribution < -0.4 is 10.6 Å². The van der Waals surface area contributed by atoms with Crippen LogP contribution >= 0.6 is 0 Å². The van der Waals surface area contributed by atoms with Crippen LogP contribution in [0.1, 0.15) is 18.4 Å². The maximum Gasteiger partial charge on any atom is 0.423 e. The van der Waals surface area contributed by atoms with Crippen molar-refractivity contribution in [1.82, 2.24) is 10.6 Å². The second-order valence-corrected chi connectivity index (χ2v) is 5.44. The molecule has 23 heavy (non-hydrogen) atoms. The smallest absolute Gasteiger partial charge is 0.381 e. The van der Waals surface area contributed by atoms with Crippen LogP contribution in [0.2, 0.25) is 0 Å². The van der Waals surface area contributed by atoms with Gasteiger partial charge in [-0.3, -0.25) is 0 Å². The third-order valence-corrected chi connectivity index (χ3v) is 3.78. The van der Waals surface area contributed by atoms with Crippen molar-refractivity contribution in [2.45, 2.75) is 30.7 Å². The monoisotopic (exact) mass is 332 g/mol. The predicted octanol–water partition coefficient (Wildman–Crippen LogP) is 1.91. The van der Waals surface area contributed by atoms with Crippen molar-refractivity contribution in [3.8, 4) is 0 Å². The fourth-order valence-corrected chi connectivity index (χ4v) is 2.37. The minimum Gasteiger partial charge on any atom is -0.381 e. The van der Waals surface area contributed by atoms with Crippen molar-refractivity contribution in [3.05, 3.63) is 35.9 Å². The van der Waals surface area contributed by atoms with Gasteiger partial charge >= 0.3 is 12.2 Å². The van der Waals surface area contributed by atoms with Gasteiger partial charge < -0.3 is 20.5 Å². The Kier molecular flexibility index (Phi) is 5.48. The number of hydrogen-bond donors (Lipinski definition) is 3. The van der Waals surface area contributed by atoms with Crippen LogP contribution in [-0.4, -0.2) is 43.1 Å². The molecule has 0 aromatic heterocycles. The highest BCUT2D eigenvalue weighted by atomic mass is 19.4. The first kappa shape index (κ1) is 17.6. The van der Waals surface area contributed by atoms with Crippen LogP contribution in [0, 0.1) is 0 Å². The number of hydrogen-bond acceptors (Lipinski definition) is 3. The largest absolute Gasteiger partial charge is 0.423 e. The molecule has 1 fully saturated rings. The van der Waals surface area contributed by atoms with Crippen molar-refractivity contribution in [2.75, 3.05) is 19.8 Å². The summed E-state index contributed by atoms with van der Waals surface area (Å²) in [7, 11) is 0. The van der Waals surface area contributed by atoms with Gasteiger partial charge in [-0.25, -0.2) is 4.79 Å². The van der Waals surface area contributed by atoms with Gasteiger partial charge in [0.2, 0.25) is 5.60 Å². The molecule has 0 saturated carbocycles. The fraction of sp³-hybridized carbons (Fsp3) is 0.533. The summed E-state index contributed by atoms with van der Waals surface area (Å²) >= 11 is 0. The summed E-state index contributed by atoms with van der Waals surface area (Å²) in [6, 6.07) is 5.81. The molecule has 0 spiro atoms.